The number of aromatic nitrogens is 2. The Balaban J connectivity index is 1.92. The van der Waals surface area contributed by atoms with Crippen LogP contribution in [-0.4, -0.2) is 23.1 Å². The van der Waals surface area contributed by atoms with Crippen LogP contribution in [0, 0.1) is 16.4 Å². The molecule has 0 amide bonds. The lowest BCUT2D eigenvalue weighted by atomic mass is 9.87. The number of H-pyrrole nitrogens is 1. The van der Waals surface area contributed by atoms with Crippen LogP contribution in [0.3, 0.4) is 0 Å². The number of rotatable bonds is 4. The first-order valence-electron chi connectivity index (χ1n) is 7.50. The molecule has 1 aromatic carbocycles. The molecule has 0 spiro atoms. The minimum absolute atomic E-state index is 0.152. The number of benzene rings is 1. The number of hydrogen-bond donors (Lipinski definition) is 2. The van der Waals surface area contributed by atoms with Gasteiger partial charge in [-0.2, -0.15) is 0 Å². The highest BCUT2D eigenvalue weighted by Gasteiger charge is 2.25. The van der Waals surface area contributed by atoms with Gasteiger partial charge in [0.15, 0.2) is 4.77 Å². The van der Waals surface area contributed by atoms with E-state index in [0.29, 0.717) is 23.2 Å². The van der Waals surface area contributed by atoms with Gasteiger partial charge in [0.2, 0.25) is 0 Å². The fourth-order valence-electron chi connectivity index (χ4n) is 3.27. The zero-order chi connectivity index (χ0) is 15.7. The highest BCUT2D eigenvalue weighted by atomic mass is 32.1. The lowest BCUT2D eigenvalue weighted by Gasteiger charge is -2.27. The third kappa shape index (κ3) is 2.85. The molecule has 118 valence electrons. The molecule has 0 aliphatic heterocycles. The summed E-state index contributed by atoms with van der Waals surface area (Å²) in [7, 11) is 1.91. The predicted molar refractivity (Wildman–Crippen MR) is 84.7 cm³/mol. The maximum Gasteiger partial charge on any atom is 0.177 e. The van der Waals surface area contributed by atoms with Crippen molar-refractivity contribution < 1.29 is 8.78 Å². The van der Waals surface area contributed by atoms with Gasteiger partial charge in [-0.1, -0.05) is 0 Å². The first kappa shape index (κ1) is 15.4. The number of nitrogens with zero attached hydrogens (tertiary/aromatic N) is 1. The Morgan fingerprint density at radius 1 is 1.41 bits per heavy atom. The van der Waals surface area contributed by atoms with Crippen molar-refractivity contribution in [3.05, 3.63) is 51.6 Å². The van der Waals surface area contributed by atoms with Gasteiger partial charge in [-0.05, 0) is 55.7 Å². The van der Waals surface area contributed by atoms with Crippen molar-refractivity contribution in [2.75, 3.05) is 13.6 Å². The van der Waals surface area contributed by atoms with Crippen LogP contribution in [0.25, 0.3) is 0 Å². The van der Waals surface area contributed by atoms with Gasteiger partial charge in [-0.25, -0.2) is 8.78 Å². The summed E-state index contributed by atoms with van der Waals surface area (Å²) in [5.41, 5.74) is 2.54. The first-order chi connectivity index (χ1) is 10.6. The summed E-state index contributed by atoms with van der Waals surface area (Å²) in [4.78, 5) is 3.09. The van der Waals surface area contributed by atoms with Gasteiger partial charge >= 0.3 is 0 Å². The zero-order valence-corrected chi connectivity index (χ0v) is 13.3. The van der Waals surface area contributed by atoms with Crippen LogP contribution in [0.15, 0.2) is 18.3 Å². The lowest BCUT2D eigenvalue weighted by Crippen LogP contribution is -2.22. The van der Waals surface area contributed by atoms with E-state index in [-0.39, 0.29) is 6.04 Å². The summed E-state index contributed by atoms with van der Waals surface area (Å²) in [6, 6.07) is 2.58. The van der Waals surface area contributed by atoms with E-state index in [1.807, 2.05) is 13.2 Å². The second kappa shape index (κ2) is 6.30. The van der Waals surface area contributed by atoms with E-state index in [1.165, 1.54) is 6.07 Å². The van der Waals surface area contributed by atoms with E-state index in [0.717, 1.165) is 36.7 Å². The van der Waals surface area contributed by atoms with E-state index in [1.54, 1.807) is 0 Å². The Hall–Kier alpha value is -1.53. The van der Waals surface area contributed by atoms with Gasteiger partial charge in [0.1, 0.15) is 11.6 Å². The smallest absolute Gasteiger partial charge is 0.177 e. The van der Waals surface area contributed by atoms with Crippen molar-refractivity contribution in [1.82, 2.24) is 14.9 Å². The van der Waals surface area contributed by atoms with Crippen LogP contribution in [-0.2, 0) is 19.3 Å². The number of imidazole rings is 1. The van der Waals surface area contributed by atoms with E-state index >= 15 is 0 Å². The number of hydrogen-bond acceptors (Lipinski definition) is 2. The number of fused-ring (bicyclic) bond motifs is 1. The van der Waals surface area contributed by atoms with Crippen molar-refractivity contribution in [2.45, 2.75) is 31.7 Å². The van der Waals surface area contributed by atoms with E-state index in [4.69, 9.17) is 12.2 Å². The minimum Gasteiger partial charge on any atom is -0.337 e. The molecule has 0 saturated heterocycles. The molecule has 0 fully saturated rings. The molecular formula is C16H19F2N3S. The van der Waals surface area contributed by atoms with Gasteiger partial charge in [-0.15, -0.1) is 0 Å². The predicted octanol–water partition coefficient (Wildman–Crippen LogP) is 3.32. The number of likely N-dealkylation sites (N-methyl/N-ethyl adjacent to an activating group) is 1. The fourth-order valence-corrected chi connectivity index (χ4v) is 3.59. The minimum atomic E-state index is -0.509. The largest absolute Gasteiger partial charge is 0.337 e. The molecule has 1 atom stereocenters. The van der Waals surface area contributed by atoms with Crippen LogP contribution < -0.4 is 5.32 Å². The summed E-state index contributed by atoms with van der Waals surface area (Å²) in [5, 5.41) is 3.13. The molecule has 1 aromatic heterocycles. The molecule has 1 aliphatic carbocycles. The standard InChI is InChI=1S/C16H19F2N3S/c1-19-5-4-13-9-20-16(22)21(13)12-2-3-14-10(7-12)6-11(17)8-15(14)18/h6,8-9,12,19H,2-5,7H2,1H3,(H,20,22). The number of halogens is 2. The van der Waals surface area contributed by atoms with E-state index < -0.39 is 11.6 Å². The van der Waals surface area contributed by atoms with E-state index in [9.17, 15) is 8.78 Å². The van der Waals surface area contributed by atoms with Crippen molar-refractivity contribution in [2.24, 2.45) is 0 Å². The first-order valence-corrected chi connectivity index (χ1v) is 7.91. The van der Waals surface area contributed by atoms with Gasteiger partial charge in [0.05, 0.1) is 0 Å². The van der Waals surface area contributed by atoms with E-state index in [2.05, 4.69) is 14.9 Å². The molecule has 6 heteroatoms. The van der Waals surface area contributed by atoms with Gasteiger partial charge in [-0.3, -0.25) is 0 Å². The maximum absolute atomic E-state index is 13.8. The summed E-state index contributed by atoms with van der Waals surface area (Å²) >= 11 is 5.39. The Kier molecular flexibility index (Phi) is 4.40. The fraction of sp³-hybridized carbons (Fsp3) is 0.438. The van der Waals surface area contributed by atoms with Gasteiger partial charge in [0, 0.05) is 37.0 Å². The van der Waals surface area contributed by atoms with Crippen molar-refractivity contribution in [3.8, 4) is 0 Å². The normalized spacial score (nSPS) is 17.5. The third-order valence-corrected chi connectivity index (χ3v) is 4.64. The Morgan fingerprint density at radius 3 is 3.00 bits per heavy atom. The van der Waals surface area contributed by atoms with Gasteiger partial charge < -0.3 is 14.9 Å². The molecule has 22 heavy (non-hydrogen) atoms. The van der Waals surface area contributed by atoms with Crippen LogP contribution in [0.4, 0.5) is 8.78 Å². The van der Waals surface area contributed by atoms with Crippen LogP contribution in [0.1, 0.15) is 29.3 Å². The second-order valence-electron chi connectivity index (χ2n) is 5.73. The zero-order valence-electron chi connectivity index (χ0n) is 12.5. The van der Waals surface area contributed by atoms with Crippen LogP contribution in [0.5, 0.6) is 0 Å². The summed E-state index contributed by atoms with van der Waals surface area (Å²) in [5.74, 6) is -0.938. The lowest BCUT2D eigenvalue weighted by molar-refractivity contribution is 0.415. The molecule has 1 aliphatic rings. The van der Waals surface area contributed by atoms with Crippen LogP contribution in [0.2, 0.25) is 0 Å². The molecule has 0 radical (unpaired) electrons. The summed E-state index contributed by atoms with van der Waals surface area (Å²) in [6.45, 7) is 0.860. The van der Waals surface area contributed by atoms with Crippen molar-refractivity contribution >= 4 is 12.2 Å². The van der Waals surface area contributed by atoms with Crippen molar-refractivity contribution in [3.63, 3.8) is 0 Å². The molecule has 0 saturated carbocycles. The third-order valence-electron chi connectivity index (χ3n) is 4.32. The SMILES string of the molecule is CNCCc1c[nH]c(=S)n1C1CCc2c(F)cc(F)cc2C1. The van der Waals surface area contributed by atoms with Crippen molar-refractivity contribution in [1.29, 1.82) is 0 Å². The molecular weight excluding hydrogens is 304 g/mol. The highest BCUT2D eigenvalue weighted by Crippen LogP contribution is 2.32. The quantitative estimate of drug-likeness (QED) is 0.846. The molecule has 1 heterocycles. The average Bonchev–Trinajstić information content (AvgIpc) is 2.85. The van der Waals surface area contributed by atoms with Gasteiger partial charge in [0.25, 0.3) is 0 Å². The Labute approximate surface area is 133 Å². The van der Waals surface area contributed by atoms with Crippen LogP contribution >= 0.6 is 12.2 Å². The Morgan fingerprint density at radius 2 is 2.23 bits per heavy atom. The summed E-state index contributed by atoms with van der Waals surface area (Å²) < 4.78 is 30.1. The summed E-state index contributed by atoms with van der Waals surface area (Å²) in [6.07, 6.45) is 4.84. The maximum atomic E-state index is 13.8. The molecule has 1 unspecified atom stereocenters. The highest BCUT2D eigenvalue weighted by molar-refractivity contribution is 7.71. The monoisotopic (exact) mass is 323 g/mol. The topological polar surface area (TPSA) is 32.8 Å². The molecule has 3 rings (SSSR count). The number of aromatic amines is 1. The Bertz CT molecular complexity index is 735. The molecule has 2 N–H and O–H groups in total. The molecule has 3 nitrogen and oxygen atoms in total. The molecule has 0 bridgehead atoms. The molecule has 2 aromatic rings. The average molecular weight is 323 g/mol. The number of nitrogens with one attached hydrogen (secondary N) is 2. The second-order valence-corrected chi connectivity index (χ2v) is 6.12.